The molecule has 1 aliphatic heterocycles. The SMILES string of the molecule is Cn1c(=O)c2c(ncn2CC(=O)Nc2ccnc(-c3cnc(N4CCCC4(C)C)nc3)n2)n(C)c1=O. The summed E-state index contributed by atoms with van der Waals surface area (Å²) < 4.78 is 3.65. The van der Waals surface area contributed by atoms with Gasteiger partial charge in [0.1, 0.15) is 12.4 Å². The first-order valence-corrected chi connectivity index (χ1v) is 11.5. The van der Waals surface area contributed by atoms with Crippen LogP contribution in [0.15, 0.2) is 40.6 Å². The predicted octanol–water partition coefficient (Wildman–Crippen LogP) is 0.698. The molecular weight excluding hydrogens is 464 g/mol. The van der Waals surface area contributed by atoms with E-state index in [2.05, 4.69) is 49.0 Å². The number of nitrogens with one attached hydrogen (secondary N) is 1. The van der Waals surface area contributed by atoms with Gasteiger partial charge in [0.05, 0.1) is 11.9 Å². The molecular formula is C23H26N10O3. The van der Waals surface area contributed by atoms with E-state index in [1.807, 2.05) is 0 Å². The third kappa shape index (κ3) is 4.01. The van der Waals surface area contributed by atoms with Gasteiger partial charge in [0, 0.05) is 44.8 Å². The molecule has 5 heterocycles. The van der Waals surface area contributed by atoms with Gasteiger partial charge < -0.3 is 14.8 Å². The highest BCUT2D eigenvalue weighted by molar-refractivity contribution is 5.90. The van der Waals surface area contributed by atoms with E-state index in [-0.39, 0.29) is 23.2 Å². The van der Waals surface area contributed by atoms with Gasteiger partial charge in [-0.1, -0.05) is 0 Å². The molecule has 1 amide bonds. The van der Waals surface area contributed by atoms with E-state index in [4.69, 9.17) is 0 Å². The molecule has 4 aromatic heterocycles. The number of hydrogen-bond donors (Lipinski definition) is 1. The van der Waals surface area contributed by atoms with Gasteiger partial charge in [-0.15, -0.1) is 0 Å². The summed E-state index contributed by atoms with van der Waals surface area (Å²) in [6, 6.07) is 1.57. The fourth-order valence-electron chi connectivity index (χ4n) is 4.48. The summed E-state index contributed by atoms with van der Waals surface area (Å²) in [5.74, 6) is 0.913. The van der Waals surface area contributed by atoms with Crippen molar-refractivity contribution in [3.8, 4) is 11.4 Å². The van der Waals surface area contributed by atoms with Crippen LogP contribution in [0.5, 0.6) is 0 Å². The van der Waals surface area contributed by atoms with E-state index < -0.39 is 17.2 Å². The third-order valence-corrected chi connectivity index (χ3v) is 6.49. The Hall–Kier alpha value is -4.42. The van der Waals surface area contributed by atoms with Crippen molar-refractivity contribution in [2.45, 2.75) is 38.8 Å². The van der Waals surface area contributed by atoms with Crippen molar-refractivity contribution in [1.82, 2.24) is 38.6 Å². The van der Waals surface area contributed by atoms with Gasteiger partial charge in [0.2, 0.25) is 11.9 Å². The number of amides is 1. The molecule has 186 valence electrons. The molecule has 0 atom stereocenters. The second-order valence-corrected chi connectivity index (χ2v) is 9.40. The van der Waals surface area contributed by atoms with Crippen LogP contribution in [0.2, 0.25) is 0 Å². The largest absolute Gasteiger partial charge is 0.336 e. The van der Waals surface area contributed by atoms with Crippen LogP contribution in [0.1, 0.15) is 26.7 Å². The van der Waals surface area contributed by atoms with Crippen LogP contribution in [0, 0.1) is 0 Å². The van der Waals surface area contributed by atoms with Crippen molar-refractivity contribution in [2.24, 2.45) is 14.1 Å². The van der Waals surface area contributed by atoms with Crippen LogP contribution in [0.4, 0.5) is 11.8 Å². The molecule has 0 aromatic carbocycles. The van der Waals surface area contributed by atoms with Crippen LogP contribution >= 0.6 is 0 Å². The molecule has 13 heteroatoms. The summed E-state index contributed by atoms with van der Waals surface area (Å²) in [4.78, 5) is 61.5. The van der Waals surface area contributed by atoms with Crippen molar-refractivity contribution in [1.29, 1.82) is 0 Å². The number of rotatable bonds is 5. The molecule has 0 aliphatic carbocycles. The van der Waals surface area contributed by atoms with Crippen LogP contribution in [0.25, 0.3) is 22.6 Å². The fourth-order valence-corrected chi connectivity index (χ4v) is 4.48. The Bertz CT molecular complexity index is 1580. The minimum Gasteiger partial charge on any atom is -0.336 e. The smallest absolute Gasteiger partial charge is 0.332 e. The van der Waals surface area contributed by atoms with Crippen LogP contribution in [-0.2, 0) is 25.4 Å². The topological polar surface area (TPSA) is 146 Å². The Morgan fingerprint density at radius 1 is 1.08 bits per heavy atom. The number of aromatic nitrogens is 8. The van der Waals surface area contributed by atoms with Crippen LogP contribution in [-0.4, -0.2) is 56.6 Å². The lowest BCUT2D eigenvalue weighted by molar-refractivity contribution is -0.116. The fraction of sp³-hybridized carbons (Fsp3) is 0.391. The number of carbonyl (C=O) groups is 1. The lowest BCUT2D eigenvalue weighted by atomic mass is 10.0. The van der Waals surface area contributed by atoms with Crippen molar-refractivity contribution in [2.75, 3.05) is 16.8 Å². The molecule has 0 unspecified atom stereocenters. The minimum absolute atomic E-state index is 0.0155. The number of carbonyl (C=O) groups excluding carboxylic acids is 1. The molecule has 0 radical (unpaired) electrons. The van der Waals surface area contributed by atoms with Gasteiger partial charge in [0.15, 0.2) is 17.0 Å². The Morgan fingerprint density at radius 2 is 1.83 bits per heavy atom. The molecule has 1 N–H and O–H groups in total. The quantitative estimate of drug-likeness (QED) is 0.427. The molecule has 1 fully saturated rings. The van der Waals surface area contributed by atoms with Crippen molar-refractivity contribution < 1.29 is 4.79 Å². The molecule has 1 saturated heterocycles. The Kier molecular flexibility index (Phi) is 5.61. The maximum atomic E-state index is 12.7. The summed E-state index contributed by atoms with van der Waals surface area (Å²) in [5.41, 5.74) is -0.00319. The highest BCUT2D eigenvalue weighted by Gasteiger charge is 2.33. The van der Waals surface area contributed by atoms with Gasteiger partial charge in [-0.3, -0.25) is 18.7 Å². The van der Waals surface area contributed by atoms with Gasteiger partial charge in [-0.2, -0.15) is 0 Å². The molecule has 1 aliphatic rings. The van der Waals surface area contributed by atoms with Crippen molar-refractivity contribution in [3.05, 3.63) is 51.8 Å². The molecule has 13 nitrogen and oxygen atoms in total. The number of anilines is 2. The van der Waals surface area contributed by atoms with Crippen molar-refractivity contribution in [3.63, 3.8) is 0 Å². The predicted molar refractivity (Wildman–Crippen MR) is 133 cm³/mol. The van der Waals surface area contributed by atoms with Crippen LogP contribution in [0.3, 0.4) is 0 Å². The first-order chi connectivity index (χ1) is 17.2. The second-order valence-electron chi connectivity index (χ2n) is 9.40. The molecule has 0 bridgehead atoms. The standard InChI is InChI=1S/C23H26N10O3/c1-23(2)7-5-9-33(23)21-25-10-14(11-26-21)18-24-8-6-15(29-18)28-16(34)12-32-13-27-19-17(32)20(35)31(4)22(36)30(19)3/h6,8,10-11,13H,5,7,9,12H2,1-4H3,(H,24,28,29,34). The number of fused-ring (bicyclic) bond motifs is 1. The Morgan fingerprint density at radius 3 is 2.53 bits per heavy atom. The average molecular weight is 491 g/mol. The van der Waals surface area contributed by atoms with E-state index in [9.17, 15) is 14.4 Å². The summed E-state index contributed by atoms with van der Waals surface area (Å²) in [5, 5.41) is 2.72. The zero-order valence-electron chi connectivity index (χ0n) is 20.5. The molecule has 5 rings (SSSR count). The summed E-state index contributed by atoms with van der Waals surface area (Å²) in [7, 11) is 2.90. The van der Waals surface area contributed by atoms with Gasteiger partial charge in [-0.25, -0.2) is 29.7 Å². The Balaban J connectivity index is 1.34. The van der Waals surface area contributed by atoms with Gasteiger partial charge in [-0.05, 0) is 32.8 Å². The van der Waals surface area contributed by atoms with E-state index in [0.717, 1.165) is 24.0 Å². The highest BCUT2D eigenvalue weighted by Crippen LogP contribution is 2.31. The molecule has 0 saturated carbocycles. The second kappa shape index (κ2) is 8.66. The lowest BCUT2D eigenvalue weighted by Gasteiger charge is -2.31. The van der Waals surface area contributed by atoms with Crippen molar-refractivity contribution >= 4 is 28.8 Å². The van der Waals surface area contributed by atoms with E-state index in [0.29, 0.717) is 23.2 Å². The summed E-state index contributed by atoms with van der Waals surface area (Å²) in [6.45, 7) is 5.09. The summed E-state index contributed by atoms with van der Waals surface area (Å²) >= 11 is 0. The number of nitrogens with zero attached hydrogens (tertiary/aromatic N) is 9. The number of hydrogen-bond acceptors (Lipinski definition) is 9. The zero-order valence-corrected chi connectivity index (χ0v) is 20.5. The van der Waals surface area contributed by atoms with E-state index in [1.165, 1.54) is 35.8 Å². The molecule has 0 spiro atoms. The Labute approximate surface area is 205 Å². The minimum atomic E-state index is -0.525. The maximum Gasteiger partial charge on any atom is 0.332 e. The van der Waals surface area contributed by atoms with Gasteiger partial charge in [0.25, 0.3) is 5.56 Å². The number of imidazole rings is 1. The van der Waals surface area contributed by atoms with Gasteiger partial charge >= 0.3 is 5.69 Å². The van der Waals surface area contributed by atoms with E-state index >= 15 is 0 Å². The summed E-state index contributed by atoms with van der Waals surface area (Å²) in [6.07, 6.45) is 8.43. The average Bonchev–Trinajstić information content (AvgIpc) is 3.44. The highest BCUT2D eigenvalue weighted by atomic mass is 16.2. The first kappa shape index (κ1) is 23.3. The zero-order chi connectivity index (χ0) is 25.6. The normalized spacial score (nSPS) is 14.9. The third-order valence-electron chi connectivity index (χ3n) is 6.49. The molecule has 36 heavy (non-hydrogen) atoms. The van der Waals surface area contributed by atoms with Crippen LogP contribution < -0.4 is 21.5 Å². The van der Waals surface area contributed by atoms with E-state index in [1.54, 1.807) is 18.5 Å². The molecule has 4 aromatic rings. The number of aryl methyl sites for hydroxylation is 1. The lowest BCUT2D eigenvalue weighted by Crippen LogP contribution is -2.39. The first-order valence-electron chi connectivity index (χ1n) is 11.5. The monoisotopic (exact) mass is 490 g/mol. The maximum absolute atomic E-state index is 12.7.